The standard InChI is InChI=1S/C20H22F2N4O5S/c1-3-17(27)24(2)13-18(28)25-9-11-26(12-10-25)32(29,30)16-6-4-5-15-14(16)7-8-23-19(15)31-20(21)22/h3-8,20H,1,9-13H2,2H3. The fourth-order valence-electron chi connectivity index (χ4n) is 3.41. The van der Waals surface area contributed by atoms with Gasteiger partial charge in [-0.25, -0.2) is 13.4 Å². The number of halogens is 2. The molecule has 0 aliphatic carbocycles. The van der Waals surface area contributed by atoms with Crippen LogP contribution in [0.4, 0.5) is 8.78 Å². The number of hydrogen-bond donors (Lipinski definition) is 0. The lowest BCUT2D eigenvalue weighted by atomic mass is 10.2. The Morgan fingerprint density at radius 2 is 1.91 bits per heavy atom. The molecule has 0 bridgehead atoms. The average molecular weight is 468 g/mol. The van der Waals surface area contributed by atoms with Crippen LogP contribution < -0.4 is 4.74 Å². The van der Waals surface area contributed by atoms with E-state index >= 15 is 0 Å². The van der Waals surface area contributed by atoms with E-state index in [-0.39, 0.29) is 66.1 Å². The Kier molecular flexibility index (Phi) is 7.04. The molecule has 1 aliphatic rings. The summed E-state index contributed by atoms with van der Waals surface area (Å²) < 4.78 is 57.5. The molecule has 3 rings (SSSR count). The van der Waals surface area contributed by atoms with Crippen LogP contribution in [-0.4, -0.2) is 85.7 Å². The maximum absolute atomic E-state index is 13.3. The molecule has 0 atom stereocenters. The summed E-state index contributed by atoms with van der Waals surface area (Å²) in [5.41, 5.74) is 0. The van der Waals surface area contributed by atoms with Gasteiger partial charge in [0.2, 0.25) is 27.7 Å². The van der Waals surface area contributed by atoms with Gasteiger partial charge in [0.15, 0.2) is 0 Å². The molecule has 0 saturated carbocycles. The van der Waals surface area contributed by atoms with E-state index in [0.717, 1.165) is 6.08 Å². The minimum Gasteiger partial charge on any atom is -0.416 e. The van der Waals surface area contributed by atoms with Crippen molar-refractivity contribution in [1.29, 1.82) is 0 Å². The molecule has 0 spiro atoms. The number of sulfonamides is 1. The van der Waals surface area contributed by atoms with Crippen LogP contribution in [-0.2, 0) is 19.6 Å². The minimum atomic E-state index is -3.98. The first-order valence-electron chi connectivity index (χ1n) is 9.63. The van der Waals surface area contributed by atoms with Gasteiger partial charge in [0.1, 0.15) is 0 Å². The number of piperazine rings is 1. The highest BCUT2D eigenvalue weighted by molar-refractivity contribution is 7.89. The van der Waals surface area contributed by atoms with E-state index in [0.29, 0.717) is 0 Å². The summed E-state index contributed by atoms with van der Waals surface area (Å²) in [6.45, 7) is 0.542. The second-order valence-electron chi connectivity index (χ2n) is 7.03. The summed E-state index contributed by atoms with van der Waals surface area (Å²) in [4.78, 5) is 30.4. The van der Waals surface area contributed by atoms with Gasteiger partial charge >= 0.3 is 6.61 Å². The number of carbonyl (C=O) groups excluding carboxylic acids is 2. The van der Waals surface area contributed by atoms with Crippen molar-refractivity contribution in [3.63, 3.8) is 0 Å². The molecule has 0 unspecified atom stereocenters. The number of carbonyl (C=O) groups is 2. The van der Waals surface area contributed by atoms with Crippen molar-refractivity contribution in [2.45, 2.75) is 11.5 Å². The minimum absolute atomic E-state index is 0.0506. The van der Waals surface area contributed by atoms with Gasteiger partial charge in [-0.3, -0.25) is 9.59 Å². The molecule has 2 amide bonds. The summed E-state index contributed by atoms with van der Waals surface area (Å²) in [7, 11) is -2.50. The Hall–Kier alpha value is -3.12. The van der Waals surface area contributed by atoms with Crippen molar-refractivity contribution in [2.24, 2.45) is 0 Å². The van der Waals surface area contributed by atoms with Gasteiger partial charge in [0, 0.05) is 50.2 Å². The highest BCUT2D eigenvalue weighted by Gasteiger charge is 2.32. The first kappa shape index (κ1) is 23.5. The molecule has 1 aromatic carbocycles. The highest BCUT2D eigenvalue weighted by atomic mass is 32.2. The lowest BCUT2D eigenvalue weighted by Gasteiger charge is -2.34. The van der Waals surface area contributed by atoms with Crippen LogP contribution in [0.1, 0.15) is 0 Å². The number of rotatable bonds is 7. The van der Waals surface area contributed by atoms with Crippen LogP contribution in [0.2, 0.25) is 0 Å². The zero-order valence-corrected chi connectivity index (χ0v) is 18.1. The van der Waals surface area contributed by atoms with Gasteiger partial charge in [0.25, 0.3) is 0 Å². The van der Waals surface area contributed by atoms with Crippen molar-refractivity contribution in [3.8, 4) is 5.88 Å². The fraction of sp³-hybridized carbons (Fsp3) is 0.350. The van der Waals surface area contributed by atoms with Crippen LogP contribution in [0, 0.1) is 0 Å². The largest absolute Gasteiger partial charge is 0.416 e. The Morgan fingerprint density at radius 1 is 1.22 bits per heavy atom. The molecule has 12 heteroatoms. The number of hydrogen-bond acceptors (Lipinski definition) is 6. The number of alkyl halides is 2. The zero-order valence-electron chi connectivity index (χ0n) is 17.3. The maximum atomic E-state index is 13.3. The predicted molar refractivity (Wildman–Crippen MR) is 112 cm³/mol. The van der Waals surface area contributed by atoms with E-state index in [9.17, 15) is 26.8 Å². The molecular formula is C20H22F2N4O5S. The van der Waals surface area contributed by atoms with Crippen LogP contribution in [0.3, 0.4) is 0 Å². The van der Waals surface area contributed by atoms with Gasteiger partial charge in [-0.05, 0) is 24.3 Å². The SMILES string of the molecule is C=CC(=O)N(C)CC(=O)N1CCN(S(=O)(=O)c2cccc3c(OC(F)F)nccc23)CC1. The monoisotopic (exact) mass is 468 g/mol. The molecule has 1 fully saturated rings. The second kappa shape index (κ2) is 9.57. The highest BCUT2D eigenvalue weighted by Crippen LogP contribution is 2.31. The summed E-state index contributed by atoms with van der Waals surface area (Å²) in [6.07, 6.45) is 2.31. The molecule has 32 heavy (non-hydrogen) atoms. The summed E-state index contributed by atoms with van der Waals surface area (Å²) in [5.74, 6) is -1.05. The van der Waals surface area contributed by atoms with Crippen LogP contribution in [0.25, 0.3) is 10.8 Å². The van der Waals surface area contributed by atoms with Crippen molar-refractivity contribution >= 4 is 32.6 Å². The summed E-state index contributed by atoms with van der Waals surface area (Å²) in [6, 6.07) is 5.70. The number of likely N-dealkylation sites (N-methyl/N-ethyl adjacent to an activating group) is 1. The smallest absolute Gasteiger partial charge is 0.388 e. The summed E-state index contributed by atoms with van der Waals surface area (Å²) >= 11 is 0. The Labute approximate surface area is 183 Å². The van der Waals surface area contributed by atoms with Gasteiger partial charge in [-0.1, -0.05) is 12.6 Å². The zero-order chi connectivity index (χ0) is 23.5. The third-order valence-corrected chi connectivity index (χ3v) is 7.02. The third kappa shape index (κ3) is 4.86. The number of nitrogens with zero attached hydrogens (tertiary/aromatic N) is 4. The van der Waals surface area contributed by atoms with E-state index in [2.05, 4.69) is 16.3 Å². The molecule has 2 aromatic rings. The number of benzene rings is 1. The molecule has 9 nitrogen and oxygen atoms in total. The number of fused-ring (bicyclic) bond motifs is 1. The van der Waals surface area contributed by atoms with Gasteiger partial charge < -0.3 is 14.5 Å². The summed E-state index contributed by atoms with van der Waals surface area (Å²) in [5, 5.41) is 0.360. The molecule has 1 aromatic heterocycles. The lowest BCUT2D eigenvalue weighted by Crippen LogP contribution is -2.52. The Morgan fingerprint density at radius 3 is 2.53 bits per heavy atom. The number of amides is 2. The Bertz CT molecular complexity index is 1130. The van der Waals surface area contributed by atoms with Crippen LogP contribution >= 0.6 is 0 Å². The number of ether oxygens (including phenoxy) is 1. The molecule has 0 N–H and O–H groups in total. The number of aromatic nitrogens is 1. The van der Waals surface area contributed by atoms with Crippen LogP contribution in [0.5, 0.6) is 5.88 Å². The molecule has 0 radical (unpaired) electrons. The molecule has 2 heterocycles. The second-order valence-corrected chi connectivity index (χ2v) is 8.94. The van der Waals surface area contributed by atoms with Crippen molar-refractivity contribution in [2.75, 3.05) is 39.8 Å². The van der Waals surface area contributed by atoms with Gasteiger partial charge in [-0.15, -0.1) is 0 Å². The Balaban J connectivity index is 1.77. The first-order valence-corrected chi connectivity index (χ1v) is 11.1. The van der Waals surface area contributed by atoms with E-state index in [1.807, 2.05) is 0 Å². The average Bonchev–Trinajstić information content (AvgIpc) is 2.78. The molecule has 1 aliphatic heterocycles. The molecule has 172 valence electrons. The fourth-order valence-corrected chi connectivity index (χ4v) is 5.04. The molecular weight excluding hydrogens is 446 g/mol. The third-order valence-electron chi connectivity index (χ3n) is 5.06. The van der Waals surface area contributed by atoms with Crippen LogP contribution in [0.15, 0.2) is 48.0 Å². The van der Waals surface area contributed by atoms with Gasteiger partial charge in [0.05, 0.1) is 11.4 Å². The predicted octanol–water partition coefficient (Wildman–Crippen LogP) is 1.31. The van der Waals surface area contributed by atoms with E-state index in [1.54, 1.807) is 0 Å². The normalized spacial score (nSPS) is 15.1. The maximum Gasteiger partial charge on any atom is 0.388 e. The van der Waals surface area contributed by atoms with E-state index < -0.39 is 16.6 Å². The van der Waals surface area contributed by atoms with E-state index in [4.69, 9.17) is 0 Å². The van der Waals surface area contributed by atoms with Crippen molar-refractivity contribution in [3.05, 3.63) is 43.1 Å². The van der Waals surface area contributed by atoms with Gasteiger partial charge in [-0.2, -0.15) is 13.1 Å². The topological polar surface area (TPSA) is 100 Å². The molecule has 1 saturated heterocycles. The first-order chi connectivity index (χ1) is 15.1. The number of pyridine rings is 1. The lowest BCUT2D eigenvalue weighted by molar-refractivity contribution is -0.138. The van der Waals surface area contributed by atoms with Crippen molar-refractivity contribution < 1.29 is 31.5 Å². The van der Waals surface area contributed by atoms with E-state index in [1.165, 1.54) is 51.6 Å². The quantitative estimate of drug-likeness (QED) is 0.568. The van der Waals surface area contributed by atoms with Crippen molar-refractivity contribution in [1.82, 2.24) is 19.1 Å².